The van der Waals surface area contributed by atoms with E-state index in [9.17, 15) is 0 Å². The molecule has 2 aromatic rings. The van der Waals surface area contributed by atoms with Crippen molar-refractivity contribution in [2.75, 3.05) is 0 Å². The maximum Gasteiger partial charge on any atom is 0.152 e. The second-order valence-electron chi connectivity index (χ2n) is 4.09. The molecular weight excluding hydrogens is 214 g/mol. The minimum absolute atomic E-state index is 0.274. The molecule has 4 nitrogen and oxygen atoms in total. The van der Waals surface area contributed by atoms with Crippen LogP contribution in [0, 0.1) is 6.92 Å². The van der Waals surface area contributed by atoms with Gasteiger partial charge in [-0.2, -0.15) is 5.10 Å². The highest BCUT2D eigenvalue weighted by Gasteiger charge is 2.11. The third kappa shape index (κ3) is 2.65. The summed E-state index contributed by atoms with van der Waals surface area (Å²) in [7, 11) is 0. The lowest BCUT2D eigenvalue weighted by molar-refractivity contribution is 0.544. The standard InChI is InChI=1S/C13H17N3O/c1-4-9(2)14-7-11-8-15-16-13(11)12-6-5-10(3)17-12/h4-6,8-9,14H,1,7H2,2-3H3,(H,15,16). The number of H-pyrrole nitrogens is 1. The van der Waals surface area contributed by atoms with Crippen molar-refractivity contribution in [3.8, 4) is 11.5 Å². The van der Waals surface area contributed by atoms with Crippen LogP contribution in [-0.4, -0.2) is 16.2 Å². The topological polar surface area (TPSA) is 53.9 Å². The molecule has 2 N–H and O–H groups in total. The largest absolute Gasteiger partial charge is 0.460 e. The fourth-order valence-electron chi connectivity index (χ4n) is 1.58. The maximum absolute atomic E-state index is 5.58. The Morgan fingerprint density at radius 2 is 2.41 bits per heavy atom. The lowest BCUT2D eigenvalue weighted by Crippen LogP contribution is -2.22. The van der Waals surface area contributed by atoms with Gasteiger partial charge in [-0.15, -0.1) is 6.58 Å². The van der Waals surface area contributed by atoms with Crippen LogP contribution in [0.15, 0.2) is 35.4 Å². The molecule has 0 spiro atoms. The van der Waals surface area contributed by atoms with Crippen molar-refractivity contribution in [1.82, 2.24) is 15.5 Å². The molecule has 1 unspecified atom stereocenters. The number of aryl methyl sites for hydroxylation is 1. The lowest BCUT2D eigenvalue weighted by Gasteiger charge is -2.08. The molecule has 2 aromatic heterocycles. The van der Waals surface area contributed by atoms with Crippen LogP contribution in [0.25, 0.3) is 11.5 Å². The van der Waals surface area contributed by atoms with E-state index in [1.54, 1.807) is 0 Å². The predicted molar refractivity (Wildman–Crippen MR) is 67.5 cm³/mol. The van der Waals surface area contributed by atoms with Crippen molar-refractivity contribution >= 4 is 0 Å². The molecular formula is C13H17N3O. The van der Waals surface area contributed by atoms with Gasteiger partial charge in [0.2, 0.25) is 0 Å². The van der Waals surface area contributed by atoms with Crippen LogP contribution in [0.2, 0.25) is 0 Å². The van der Waals surface area contributed by atoms with Gasteiger partial charge in [0.15, 0.2) is 5.76 Å². The van der Waals surface area contributed by atoms with Gasteiger partial charge >= 0.3 is 0 Å². The highest BCUT2D eigenvalue weighted by atomic mass is 16.3. The first-order valence-corrected chi connectivity index (χ1v) is 5.65. The Balaban J connectivity index is 2.14. The average Bonchev–Trinajstić information content (AvgIpc) is 2.93. The average molecular weight is 231 g/mol. The van der Waals surface area contributed by atoms with E-state index in [-0.39, 0.29) is 6.04 Å². The van der Waals surface area contributed by atoms with Gasteiger partial charge in [0.05, 0.1) is 6.20 Å². The molecule has 0 saturated heterocycles. The molecule has 90 valence electrons. The number of nitrogens with one attached hydrogen (secondary N) is 2. The quantitative estimate of drug-likeness (QED) is 0.778. The summed E-state index contributed by atoms with van der Waals surface area (Å²) in [6.45, 7) is 8.46. The summed E-state index contributed by atoms with van der Waals surface area (Å²) in [5, 5.41) is 10.4. The van der Waals surface area contributed by atoms with Crippen LogP contribution in [0.4, 0.5) is 0 Å². The molecule has 0 fully saturated rings. The van der Waals surface area contributed by atoms with Crippen molar-refractivity contribution in [2.24, 2.45) is 0 Å². The zero-order chi connectivity index (χ0) is 12.3. The Bertz CT molecular complexity index is 498. The van der Waals surface area contributed by atoms with Crippen LogP contribution in [0.5, 0.6) is 0 Å². The van der Waals surface area contributed by atoms with Crippen LogP contribution >= 0.6 is 0 Å². The predicted octanol–water partition coefficient (Wildman–Crippen LogP) is 2.64. The van der Waals surface area contributed by atoms with E-state index in [4.69, 9.17) is 4.42 Å². The Morgan fingerprint density at radius 3 is 3.06 bits per heavy atom. The summed E-state index contributed by atoms with van der Waals surface area (Å²) in [6, 6.07) is 4.17. The summed E-state index contributed by atoms with van der Waals surface area (Å²) in [4.78, 5) is 0. The third-order valence-electron chi connectivity index (χ3n) is 2.67. The van der Waals surface area contributed by atoms with E-state index in [2.05, 4.69) is 29.0 Å². The first kappa shape index (κ1) is 11.7. The summed E-state index contributed by atoms with van der Waals surface area (Å²) in [6.07, 6.45) is 3.69. The number of furan rings is 1. The molecule has 0 aromatic carbocycles. The molecule has 0 amide bonds. The van der Waals surface area contributed by atoms with Gasteiger partial charge in [0.25, 0.3) is 0 Å². The van der Waals surface area contributed by atoms with E-state index < -0.39 is 0 Å². The fourth-order valence-corrected chi connectivity index (χ4v) is 1.58. The molecule has 4 heteroatoms. The van der Waals surface area contributed by atoms with Crippen LogP contribution in [0.1, 0.15) is 18.2 Å². The molecule has 17 heavy (non-hydrogen) atoms. The molecule has 0 bridgehead atoms. The van der Waals surface area contributed by atoms with Crippen molar-refractivity contribution in [3.63, 3.8) is 0 Å². The number of hydrogen-bond acceptors (Lipinski definition) is 3. The SMILES string of the molecule is C=CC(C)NCc1cn[nH]c1-c1ccc(C)o1. The van der Waals surface area contributed by atoms with Crippen molar-refractivity contribution in [1.29, 1.82) is 0 Å². The molecule has 1 atom stereocenters. The van der Waals surface area contributed by atoms with E-state index in [0.717, 1.165) is 29.3 Å². The molecule has 0 saturated carbocycles. The highest BCUT2D eigenvalue weighted by molar-refractivity contribution is 5.56. The molecule has 0 aliphatic carbocycles. The summed E-state index contributed by atoms with van der Waals surface area (Å²) >= 11 is 0. The second kappa shape index (κ2) is 5.01. The summed E-state index contributed by atoms with van der Waals surface area (Å²) in [5.74, 6) is 1.72. The van der Waals surface area contributed by atoms with E-state index >= 15 is 0 Å². The normalized spacial score (nSPS) is 12.6. The van der Waals surface area contributed by atoms with Crippen LogP contribution in [0.3, 0.4) is 0 Å². The number of nitrogens with zero attached hydrogens (tertiary/aromatic N) is 1. The van der Waals surface area contributed by atoms with Gasteiger partial charge in [0, 0.05) is 18.2 Å². The zero-order valence-corrected chi connectivity index (χ0v) is 10.2. The number of aromatic amines is 1. The number of rotatable bonds is 5. The minimum Gasteiger partial charge on any atom is -0.460 e. The molecule has 2 heterocycles. The van der Waals surface area contributed by atoms with Gasteiger partial charge in [-0.05, 0) is 26.0 Å². The Kier molecular flexibility index (Phi) is 3.44. The summed E-state index contributed by atoms with van der Waals surface area (Å²) < 4.78 is 5.58. The van der Waals surface area contributed by atoms with Gasteiger partial charge in [-0.3, -0.25) is 5.10 Å². The summed E-state index contributed by atoms with van der Waals surface area (Å²) in [5.41, 5.74) is 2.02. The van der Waals surface area contributed by atoms with Gasteiger partial charge < -0.3 is 9.73 Å². The second-order valence-corrected chi connectivity index (χ2v) is 4.09. The minimum atomic E-state index is 0.274. The lowest BCUT2D eigenvalue weighted by atomic mass is 10.2. The first-order chi connectivity index (χ1) is 8.20. The van der Waals surface area contributed by atoms with Gasteiger partial charge in [-0.1, -0.05) is 6.08 Å². The molecule has 0 aliphatic rings. The van der Waals surface area contributed by atoms with Gasteiger partial charge in [0.1, 0.15) is 11.5 Å². The maximum atomic E-state index is 5.58. The van der Waals surface area contributed by atoms with Crippen LogP contribution in [-0.2, 0) is 6.54 Å². The van der Waals surface area contributed by atoms with Crippen molar-refractivity contribution < 1.29 is 4.42 Å². The third-order valence-corrected chi connectivity index (χ3v) is 2.67. The van der Waals surface area contributed by atoms with Crippen molar-refractivity contribution in [2.45, 2.75) is 26.4 Å². The van der Waals surface area contributed by atoms with Crippen molar-refractivity contribution in [3.05, 3.63) is 42.3 Å². The molecule has 0 aliphatic heterocycles. The zero-order valence-electron chi connectivity index (χ0n) is 10.2. The molecule has 2 rings (SSSR count). The number of aromatic nitrogens is 2. The van der Waals surface area contributed by atoms with E-state index in [1.165, 1.54) is 0 Å². The highest BCUT2D eigenvalue weighted by Crippen LogP contribution is 2.23. The molecule has 0 radical (unpaired) electrons. The number of hydrogen-bond donors (Lipinski definition) is 2. The Labute approximate surface area is 101 Å². The monoisotopic (exact) mass is 231 g/mol. The smallest absolute Gasteiger partial charge is 0.152 e. The van der Waals surface area contributed by atoms with Crippen LogP contribution < -0.4 is 5.32 Å². The Morgan fingerprint density at radius 1 is 1.59 bits per heavy atom. The van der Waals surface area contributed by atoms with E-state index in [1.807, 2.05) is 31.3 Å². The van der Waals surface area contributed by atoms with E-state index in [0.29, 0.717) is 0 Å². The first-order valence-electron chi connectivity index (χ1n) is 5.65. The Hall–Kier alpha value is -1.81. The van der Waals surface area contributed by atoms with Gasteiger partial charge in [-0.25, -0.2) is 0 Å². The fraction of sp³-hybridized carbons (Fsp3) is 0.308.